The lowest BCUT2D eigenvalue weighted by atomic mass is 9.73. The molecular formula is C18H22N2O5. The van der Waals surface area contributed by atoms with E-state index in [-0.39, 0.29) is 17.6 Å². The number of hydrogen-bond acceptors (Lipinski definition) is 4. The van der Waals surface area contributed by atoms with Gasteiger partial charge in [0, 0.05) is 18.8 Å². The second kappa shape index (κ2) is 5.75. The summed E-state index contributed by atoms with van der Waals surface area (Å²) in [5.41, 5.74) is 0.242. The Kier molecular flexibility index (Phi) is 3.97. The molecule has 0 atom stereocenters. The van der Waals surface area contributed by atoms with Crippen LogP contribution in [0.1, 0.15) is 49.5 Å². The van der Waals surface area contributed by atoms with Gasteiger partial charge in [-0.25, -0.2) is 9.59 Å². The second-order valence-corrected chi connectivity index (χ2v) is 7.57. The van der Waals surface area contributed by atoms with Crippen LogP contribution < -0.4 is 5.32 Å². The number of nitrogens with zero attached hydrogens (tertiary/aromatic N) is 1. The summed E-state index contributed by atoms with van der Waals surface area (Å²) in [4.78, 5) is 37.5. The molecule has 2 aliphatic rings. The molecule has 0 radical (unpaired) electrons. The third-order valence-electron chi connectivity index (χ3n) is 4.73. The Morgan fingerprint density at radius 1 is 1.24 bits per heavy atom. The minimum absolute atomic E-state index is 0.131. The van der Waals surface area contributed by atoms with Crippen LogP contribution in [0, 0.1) is 0 Å². The average Bonchev–Trinajstić information content (AvgIpc) is 2.78. The number of carbonyl (C=O) groups excluding carboxylic acids is 2. The summed E-state index contributed by atoms with van der Waals surface area (Å²) in [6.45, 7) is 6.29. The monoisotopic (exact) mass is 346 g/mol. The molecule has 2 aliphatic heterocycles. The van der Waals surface area contributed by atoms with Crippen LogP contribution in [0.5, 0.6) is 0 Å². The number of benzene rings is 1. The van der Waals surface area contributed by atoms with E-state index in [2.05, 4.69) is 5.32 Å². The second-order valence-electron chi connectivity index (χ2n) is 7.57. The number of carbonyl (C=O) groups is 3. The van der Waals surface area contributed by atoms with Crippen LogP contribution in [0.25, 0.3) is 0 Å². The molecule has 1 aromatic carbocycles. The molecule has 0 saturated carbocycles. The van der Waals surface area contributed by atoms with Crippen LogP contribution in [-0.2, 0) is 14.9 Å². The van der Waals surface area contributed by atoms with Crippen LogP contribution in [0.3, 0.4) is 0 Å². The van der Waals surface area contributed by atoms with Gasteiger partial charge in [-0.2, -0.15) is 0 Å². The summed E-state index contributed by atoms with van der Waals surface area (Å²) in [5.74, 6) is -1.16. The van der Waals surface area contributed by atoms with Gasteiger partial charge in [0.25, 0.3) is 0 Å². The van der Waals surface area contributed by atoms with Crippen molar-refractivity contribution in [2.75, 3.05) is 18.4 Å². The number of carboxylic acid groups (broad SMARTS) is 1. The molecule has 2 amide bonds. The van der Waals surface area contributed by atoms with Crippen molar-refractivity contribution < 1.29 is 24.2 Å². The summed E-state index contributed by atoms with van der Waals surface area (Å²) >= 11 is 0. The number of likely N-dealkylation sites (tertiary alicyclic amines) is 1. The highest BCUT2D eigenvalue weighted by atomic mass is 16.6. The van der Waals surface area contributed by atoms with Crippen molar-refractivity contribution in [2.24, 2.45) is 0 Å². The summed E-state index contributed by atoms with van der Waals surface area (Å²) in [7, 11) is 0. The van der Waals surface area contributed by atoms with Gasteiger partial charge < -0.3 is 20.1 Å². The molecule has 1 saturated heterocycles. The fourth-order valence-corrected chi connectivity index (χ4v) is 3.46. The van der Waals surface area contributed by atoms with Crippen molar-refractivity contribution in [3.8, 4) is 0 Å². The molecule has 0 aromatic heterocycles. The number of hydrogen-bond donors (Lipinski definition) is 2. The zero-order chi connectivity index (χ0) is 18.4. The van der Waals surface area contributed by atoms with Gasteiger partial charge in [-0.05, 0) is 51.3 Å². The van der Waals surface area contributed by atoms with E-state index in [1.807, 2.05) is 20.8 Å². The van der Waals surface area contributed by atoms with E-state index in [1.165, 1.54) is 12.1 Å². The Labute approximate surface area is 146 Å². The molecule has 1 aromatic rings. The van der Waals surface area contributed by atoms with Gasteiger partial charge in [0.1, 0.15) is 5.60 Å². The lowest BCUT2D eigenvalue weighted by Crippen LogP contribution is -2.49. The van der Waals surface area contributed by atoms with E-state index in [4.69, 9.17) is 9.84 Å². The Morgan fingerprint density at radius 3 is 2.44 bits per heavy atom. The van der Waals surface area contributed by atoms with Crippen LogP contribution in [0.2, 0.25) is 0 Å². The number of carboxylic acids is 1. The van der Waals surface area contributed by atoms with Gasteiger partial charge >= 0.3 is 12.1 Å². The summed E-state index contributed by atoms with van der Waals surface area (Å²) in [6, 6.07) is 4.72. The Morgan fingerprint density at radius 2 is 1.88 bits per heavy atom. The van der Waals surface area contributed by atoms with E-state index in [9.17, 15) is 14.4 Å². The van der Waals surface area contributed by atoms with Gasteiger partial charge in [0.05, 0.1) is 11.0 Å². The van der Waals surface area contributed by atoms with Crippen LogP contribution in [0.15, 0.2) is 18.2 Å². The minimum Gasteiger partial charge on any atom is -0.478 e. The minimum atomic E-state index is -1.03. The molecule has 3 rings (SSSR count). The lowest BCUT2D eigenvalue weighted by Gasteiger charge is -2.38. The summed E-state index contributed by atoms with van der Waals surface area (Å²) < 4.78 is 5.39. The van der Waals surface area contributed by atoms with Crippen LogP contribution in [-0.4, -0.2) is 46.7 Å². The van der Waals surface area contributed by atoms with Gasteiger partial charge in [-0.3, -0.25) is 4.79 Å². The van der Waals surface area contributed by atoms with Crippen molar-refractivity contribution in [1.29, 1.82) is 0 Å². The third kappa shape index (κ3) is 3.06. The Bertz CT molecular complexity index is 742. The standard InChI is InChI=1S/C18H22N2O5/c1-17(2,3)25-16(24)20-8-6-18(7-9-20)12-5-4-11(14(21)22)10-13(12)19-15(18)23/h4-5,10H,6-9H2,1-3H3,(H,19,23)(H,21,22). The SMILES string of the molecule is CC(C)(C)OC(=O)N1CCC2(CC1)C(=O)Nc1cc(C(=O)O)ccc12. The first kappa shape index (κ1) is 17.3. The maximum atomic E-state index is 12.6. The molecule has 1 fully saturated rings. The highest BCUT2D eigenvalue weighted by molar-refractivity contribution is 6.07. The molecule has 25 heavy (non-hydrogen) atoms. The molecular weight excluding hydrogens is 324 g/mol. The third-order valence-corrected chi connectivity index (χ3v) is 4.73. The molecule has 0 bridgehead atoms. The summed E-state index contributed by atoms with van der Waals surface area (Å²) in [5, 5.41) is 11.9. The first-order valence-corrected chi connectivity index (χ1v) is 8.30. The van der Waals surface area contributed by atoms with Gasteiger partial charge in [-0.1, -0.05) is 6.07 Å². The van der Waals surface area contributed by atoms with E-state index in [0.717, 1.165) is 5.56 Å². The van der Waals surface area contributed by atoms with Gasteiger partial charge in [0.2, 0.25) is 5.91 Å². The highest BCUT2D eigenvalue weighted by Gasteiger charge is 2.49. The van der Waals surface area contributed by atoms with Gasteiger partial charge in [-0.15, -0.1) is 0 Å². The number of nitrogens with one attached hydrogen (secondary N) is 1. The molecule has 7 nitrogen and oxygen atoms in total. The molecule has 134 valence electrons. The molecule has 1 spiro atoms. The maximum Gasteiger partial charge on any atom is 0.410 e. The van der Waals surface area contributed by atoms with Crippen molar-refractivity contribution >= 4 is 23.7 Å². The largest absolute Gasteiger partial charge is 0.478 e. The van der Waals surface area contributed by atoms with E-state index in [1.54, 1.807) is 11.0 Å². The number of ether oxygens (including phenoxy) is 1. The Balaban J connectivity index is 1.79. The van der Waals surface area contributed by atoms with Crippen molar-refractivity contribution in [1.82, 2.24) is 4.90 Å². The predicted octanol–water partition coefficient (Wildman–Crippen LogP) is 2.61. The first-order chi connectivity index (χ1) is 11.6. The number of amides is 2. The normalized spacial score (nSPS) is 18.7. The number of anilines is 1. The van der Waals surface area contributed by atoms with Crippen molar-refractivity contribution in [2.45, 2.75) is 44.6 Å². The van der Waals surface area contributed by atoms with E-state index in [0.29, 0.717) is 31.6 Å². The Hall–Kier alpha value is -2.57. The number of piperidine rings is 1. The smallest absolute Gasteiger partial charge is 0.410 e. The summed E-state index contributed by atoms with van der Waals surface area (Å²) in [6.07, 6.45) is 0.594. The first-order valence-electron chi connectivity index (χ1n) is 8.30. The van der Waals surface area contributed by atoms with Crippen LogP contribution >= 0.6 is 0 Å². The topological polar surface area (TPSA) is 95.9 Å². The fraction of sp³-hybridized carbons (Fsp3) is 0.500. The van der Waals surface area contributed by atoms with Crippen LogP contribution in [0.4, 0.5) is 10.5 Å². The molecule has 0 aliphatic carbocycles. The van der Waals surface area contributed by atoms with E-state index >= 15 is 0 Å². The number of aromatic carboxylic acids is 1. The number of rotatable bonds is 1. The van der Waals surface area contributed by atoms with Crippen molar-refractivity contribution in [3.05, 3.63) is 29.3 Å². The molecule has 0 unspecified atom stereocenters. The zero-order valence-electron chi connectivity index (χ0n) is 14.6. The predicted molar refractivity (Wildman–Crippen MR) is 90.8 cm³/mol. The quantitative estimate of drug-likeness (QED) is 0.815. The fourth-order valence-electron chi connectivity index (χ4n) is 3.46. The lowest BCUT2D eigenvalue weighted by molar-refractivity contribution is -0.122. The van der Waals surface area contributed by atoms with E-state index < -0.39 is 17.0 Å². The zero-order valence-corrected chi connectivity index (χ0v) is 14.6. The number of fused-ring (bicyclic) bond motifs is 2. The molecule has 7 heteroatoms. The molecule has 2 heterocycles. The van der Waals surface area contributed by atoms with Gasteiger partial charge in [0.15, 0.2) is 0 Å². The molecule has 2 N–H and O–H groups in total. The highest BCUT2D eigenvalue weighted by Crippen LogP contribution is 2.45. The van der Waals surface area contributed by atoms with Crippen molar-refractivity contribution in [3.63, 3.8) is 0 Å². The average molecular weight is 346 g/mol. The maximum absolute atomic E-state index is 12.6.